The summed E-state index contributed by atoms with van der Waals surface area (Å²) in [6.07, 6.45) is 3.33. The molecule has 0 spiro atoms. The molecular formula is C15H21NO. The Bertz CT molecular complexity index is 392. The zero-order valence-electron chi connectivity index (χ0n) is 10.7. The summed E-state index contributed by atoms with van der Waals surface area (Å²) in [6.45, 7) is 6.97. The first-order valence-corrected chi connectivity index (χ1v) is 6.29. The Kier molecular flexibility index (Phi) is 4.35. The predicted molar refractivity (Wildman–Crippen MR) is 72.1 cm³/mol. The molecule has 1 aromatic rings. The minimum atomic E-state index is 0.477. The fourth-order valence-electron chi connectivity index (χ4n) is 2.24. The summed E-state index contributed by atoms with van der Waals surface area (Å²) in [6, 6.07) is 9.08. The summed E-state index contributed by atoms with van der Waals surface area (Å²) >= 11 is 0. The maximum absolute atomic E-state index is 5.46. The molecule has 1 N–H and O–H groups in total. The molecule has 2 rings (SSSR count). The van der Waals surface area contributed by atoms with Crippen molar-refractivity contribution >= 4 is 6.08 Å². The average molecular weight is 231 g/mol. The SMILES string of the molecule is C/C(=C/c1cccc(C)c1)CC1COCCN1. The van der Waals surface area contributed by atoms with Crippen LogP contribution in [0.5, 0.6) is 0 Å². The Morgan fingerprint density at radius 2 is 2.41 bits per heavy atom. The highest BCUT2D eigenvalue weighted by atomic mass is 16.5. The van der Waals surface area contributed by atoms with Gasteiger partial charge in [-0.05, 0) is 25.8 Å². The standard InChI is InChI=1S/C15H21NO/c1-12-4-3-5-14(8-12)9-13(2)10-15-11-17-7-6-16-15/h3-5,8-9,15-16H,6-7,10-11H2,1-2H3/b13-9-. The predicted octanol–water partition coefficient (Wildman–Crippen LogP) is 2.78. The van der Waals surface area contributed by atoms with E-state index in [0.29, 0.717) is 6.04 Å². The van der Waals surface area contributed by atoms with Crippen LogP contribution in [0.25, 0.3) is 6.08 Å². The molecule has 1 unspecified atom stereocenters. The number of morpholine rings is 1. The lowest BCUT2D eigenvalue weighted by Crippen LogP contribution is -2.41. The smallest absolute Gasteiger partial charge is 0.0623 e. The fourth-order valence-corrected chi connectivity index (χ4v) is 2.24. The van der Waals surface area contributed by atoms with E-state index < -0.39 is 0 Å². The molecule has 1 aliphatic heterocycles. The second kappa shape index (κ2) is 5.99. The lowest BCUT2D eigenvalue weighted by molar-refractivity contribution is 0.0771. The van der Waals surface area contributed by atoms with E-state index in [4.69, 9.17) is 4.74 Å². The molecule has 0 saturated carbocycles. The largest absolute Gasteiger partial charge is 0.379 e. The maximum atomic E-state index is 5.46. The molecule has 17 heavy (non-hydrogen) atoms. The number of benzene rings is 1. The summed E-state index contributed by atoms with van der Waals surface area (Å²) < 4.78 is 5.46. The van der Waals surface area contributed by atoms with Crippen LogP contribution >= 0.6 is 0 Å². The maximum Gasteiger partial charge on any atom is 0.0623 e. The van der Waals surface area contributed by atoms with Crippen molar-refractivity contribution in [1.29, 1.82) is 0 Å². The minimum Gasteiger partial charge on any atom is -0.379 e. The average Bonchev–Trinajstić information content (AvgIpc) is 2.30. The Morgan fingerprint density at radius 3 is 3.12 bits per heavy atom. The normalized spacial score (nSPS) is 21.5. The molecule has 1 aromatic carbocycles. The number of hydrogen-bond donors (Lipinski definition) is 1. The number of aryl methyl sites for hydroxylation is 1. The van der Waals surface area contributed by atoms with Crippen LogP contribution in [0.15, 0.2) is 29.8 Å². The van der Waals surface area contributed by atoms with Crippen LogP contribution in [0.1, 0.15) is 24.5 Å². The van der Waals surface area contributed by atoms with Crippen molar-refractivity contribution in [1.82, 2.24) is 5.32 Å². The van der Waals surface area contributed by atoms with Gasteiger partial charge in [0.05, 0.1) is 13.2 Å². The second-order valence-electron chi connectivity index (χ2n) is 4.83. The third-order valence-corrected chi connectivity index (χ3v) is 3.02. The van der Waals surface area contributed by atoms with E-state index in [1.54, 1.807) is 0 Å². The van der Waals surface area contributed by atoms with Gasteiger partial charge in [0.2, 0.25) is 0 Å². The van der Waals surface area contributed by atoms with Crippen molar-refractivity contribution in [3.8, 4) is 0 Å². The molecule has 1 fully saturated rings. The monoisotopic (exact) mass is 231 g/mol. The third-order valence-electron chi connectivity index (χ3n) is 3.02. The molecule has 0 bridgehead atoms. The van der Waals surface area contributed by atoms with Crippen LogP contribution in [0.2, 0.25) is 0 Å². The van der Waals surface area contributed by atoms with E-state index >= 15 is 0 Å². The molecule has 92 valence electrons. The lowest BCUT2D eigenvalue weighted by Gasteiger charge is -2.24. The summed E-state index contributed by atoms with van der Waals surface area (Å²) in [7, 11) is 0. The van der Waals surface area contributed by atoms with Gasteiger partial charge in [-0.1, -0.05) is 41.5 Å². The highest BCUT2D eigenvalue weighted by Crippen LogP contribution is 2.13. The summed E-state index contributed by atoms with van der Waals surface area (Å²) in [5.41, 5.74) is 4.00. The van der Waals surface area contributed by atoms with Gasteiger partial charge in [0.25, 0.3) is 0 Å². The molecular weight excluding hydrogens is 210 g/mol. The number of rotatable bonds is 3. The Hall–Kier alpha value is -1.12. The molecule has 1 aliphatic rings. The van der Waals surface area contributed by atoms with Crippen LogP contribution in [-0.2, 0) is 4.74 Å². The van der Waals surface area contributed by atoms with E-state index in [-0.39, 0.29) is 0 Å². The van der Waals surface area contributed by atoms with Crippen LogP contribution in [-0.4, -0.2) is 25.8 Å². The summed E-state index contributed by atoms with van der Waals surface area (Å²) in [5, 5.41) is 3.48. The highest BCUT2D eigenvalue weighted by molar-refractivity contribution is 5.53. The molecule has 0 amide bonds. The molecule has 2 heteroatoms. The van der Waals surface area contributed by atoms with E-state index in [1.165, 1.54) is 16.7 Å². The van der Waals surface area contributed by atoms with Crippen LogP contribution in [0.4, 0.5) is 0 Å². The quantitative estimate of drug-likeness (QED) is 0.863. The lowest BCUT2D eigenvalue weighted by atomic mass is 10.0. The number of nitrogens with one attached hydrogen (secondary N) is 1. The molecule has 0 radical (unpaired) electrons. The minimum absolute atomic E-state index is 0.477. The zero-order valence-corrected chi connectivity index (χ0v) is 10.7. The van der Waals surface area contributed by atoms with E-state index in [1.807, 2.05) is 0 Å². The van der Waals surface area contributed by atoms with Gasteiger partial charge in [0.1, 0.15) is 0 Å². The fraction of sp³-hybridized carbons (Fsp3) is 0.467. The van der Waals surface area contributed by atoms with Crippen molar-refractivity contribution in [3.63, 3.8) is 0 Å². The molecule has 0 aromatic heterocycles. The van der Waals surface area contributed by atoms with Crippen molar-refractivity contribution in [3.05, 3.63) is 41.0 Å². The van der Waals surface area contributed by atoms with Gasteiger partial charge in [-0.3, -0.25) is 0 Å². The van der Waals surface area contributed by atoms with Gasteiger partial charge in [0.15, 0.2) is 0 Å². The van der Waals surface area contributed by atoms with Crippen molar-refractivity contribution in [2.24, 2.45) is 0 Å². The van der Waals surface area contributed by atoms with Gasteiger partial charge >= 0.3 is 0 Å². The van der Waals surface area contributed by atoms with Crippen molar-refractivity contribution in [2.45, 2.75) is 26.3 Å². The highest BCUT2D eigenvalue weighted by Gasteiger charge is 2.12. The number of ether oxygens (including phenoxy) is 1. The zero-order chi connectivity index (χ0) is 12.1. The molecule has 1 atom stereocenters. The van der Waals surface area contributed by atoms with Gasteiger partial charge in [-0.15, -0.1) is 0 Å². The first kappa shape index (κ1) is 12.3. The van der Waals surface area contributed by atoms with Gasteiger partial charge in [-0.2, -0.15) is 0 Å². The first-order chi connectivity index (χ1) is 8.24. The summed E-state index contributed by atoms with van der Waals surface area (Å²) in [4.78, 5) is 0. The Balaban J connectivity index is 1.96. The second-order valence-corrected chi connectivity index (χ2v) is 4.83. The molecule has 0 aliphatic carbocycles. The molecule has 2 nitrogen and oxygen atoms in total. The first-order valence-electron chi connectivity index (χ1n) is 6.29. The van der Waals surface area contributed by atoms with Crippen LogP contribution in [0.3, 0.4) is 0 Å². The van der Waals surface area contributed by atoms with Crippen molar-refractivity contribution < 1.29 is 4.74 Å². The Morgan fingerprint density at radius 1 is 1.53 bits per heavy atom. The third kappa shape index (κ3) is 3.99. The van der Waals surface area contributed by atoms with Gasteiger partial charge in [0, 0.05) is 12.6 Å². The summed E-state index contributed by atoms with van der Waals surface area (Å²) in [5.74, 6) is 0. The Labute approximate surface area is 104 Å². The van der Waals surface area contributed by atoms with Gasteiger partial charge in [-0.25, -0.2) is 0 Å². The van der Waals surface area contributed by atoms with E-state index in [2.05, 4.69) is 49.5 Å². The van der Waals surface area contributed by atoms with E-state index in [9.17, 15) is 0 Å². The molecule has 1 heterocycles. The number of hydrogen-bond acceptors (Lipinski definition) is 2. The van der Waals surface area contributed by atoms with Crippen molar-refractivity contribution in [2.75, 3.05) is 19.8 Å². The van der Waals surface area contributed by atoms with Crippen LogP contribution < -0.4 is 5.32 Å². The van der Waals surface area contributed by atoms with Gasteiger partial charge < -0.3 is 10.1 Å². The van der Waals surface area contributed by atoms with E-state index in [0.717, 1.165) is 26.2 Å². The van der Waals surface area contributed by atoms with Crippen LogP contribution in [0, 0.1) is 6.92 Å². The topological polar surface area (TPSA) is 21.3 Å². The molecule has 1 saturated heterocycles.